The molecule has 0 bridgehead atoms. The van der Waals surface area contributed by atoms with E-state index in [1.807, 2.05) is 83.1 Å². The van der Waals surface area contributed by atoms with Crippen molar-refractivity contribution in [3.8, 4) is 23.0 Å². The molecule has 4 heterocycles. The maximum Gasteiger partial charge on any atom is 0.357 e. The molecule has 1 N–H and O–H groups in total. The summed E-state index contributed by atoms with van der Waals surface area (Å²) in [7, 11) is -3.89. The number of ether oxygens (including phenoxy) is 3. The molecule has 3 aliphatic rings. The van der Waals surface area contributed by atoms with Gasteiger partial charge in [-0.25, -0.2) is 23.2 Å². The van der Waals surface area contributed by atoms with Gasteiger partial charge in [0.25, 0.3) is 0 Å². The van der Waals surface area contributed by atoms with Crippen LogP contribution in [0.3, 0.4) is 0 Å². The van der Waals surface area contributed by atoms with E-state index in [1.54, 1.807) is 23.3 Å². The first-order valence-corrected chi connectivity index (χ1v) is 24.9. The Bertz CT molecular complexity index is 2740. The number of nitrogens with zero attached hydrogens (tertiary/aromatic N) is 4. The fourth-order valence-corrected chi connectivity index (χ4v) is 11.7. The monoisotopic (exact) mass is 927 g/mol. The van der Waals surface area contributed by atoms with Crippen LogP contribution >= 0.6 is 22.7 Å². The van der Waals surface area contributed by atoms with Gasteiger partial charge in [0, 0.05) is 46.2 Å². The van der Waals surface area contributed by atoms with Crippen molar-refractivity contribution >= 4 is 76.6 Å². The molecule has 5 aromatic rings. The zero-order valence-electron chi connectivity index (χ0n) is 36.8. The third-order valence-corrected chi connectivity index (χ3v) is 16.0. The maximum absolute atomic E-state index is 15.1. The van der Waals surface area contributed by atoms with Crippen LogP contribution in [0.1, 0.15) is 89.1 Å². The molecule has 1 saturated heterocycles. The number of thiazole rings is 1. The largest absolute Gasteiger partial charge is 0.491 e. The van der Waals surface area contributed by atoms with Crippen LogP contribution in [0.5, 0.6) is 11.6 Å². The van der Waals surface area contributed by atoms with Gasteiger partial charge in [0.2, 0.25) is 27.7 Å². The molecule has 2 saturated carbocycles. The molecule has 0 unspecified atom stereocenters. The highest BCUT2D eigenvalue weighted by Gasteiger charge is 2.61. The van der Waals surface area contributed by atoms with Crippen molar-refractivity contribution in [2.75, 3.05) is 13.2 Å². The van der Waals surface area contributed by atoms with Crippen LogP contribution < -0.4 is 14.2 Å². The first kappa shape index (κ1) is 45.3. The number of Topliss-reactive ketones (excluding diaryl/α,β-unsaturated/α-hetero) is 1. The Morgan fingerprint density at radius 3 is 2.44 bits per heavy atom. The van der Waals surface area contributed by atoms with Crippen LogP contribution in [-0.4, -0.2) is 88.5 Å². The third-order valence-electron chi connectivity index (χ3n) is 12.2. The standard InChI is InChI=1S/C47H53N5O9S3/c1-8-28-22-47(28,45(56)51-64(57,58)31-18-19-31)23-36(53)35-20-30(24-52(35)43(54)33(46(5,6)7)21-38-48-34(25-62-38)44(55)59-9-2)61-42-40-39(32-12-10-11-13-37(32)63-40)49-41(50-42)27-14-16-29(17-15-27)60-26(3)4/h8,10-17,25-26,28,30-31,33,35H,1,9,18-24H2,2-7H3,(H,51,56)/t28-,30-,33-,35+,47-/m1/s1. The third kappa shape index (κ3) is 9.29. The Labute approximate surface area is 380 Å². The molecule has 2 amide bonds. The van der Waals surface area contributed by atoms with Crippen LogP contribution in [0, 0.1) is 22.7 Å². The smallest absolute Gasteiger partial charge is 0.357 e. The number of likely N-dealkylation sites (tertiary alicyclic amines) is 1. The highest BCUT2D eigenvalue weighted by atomic mass is 32.2. The normalized spacial score (nSPS) is 21.5. The lowest BCUT2D eigenvalue weighted by molar-refractivity contribution is -0.144. The summed E-state index contributed by atoms with van der Waals surface area (Å²) in [4.78, 5) is 72.3. The van der Waals surface area contributed by atoms with Crippen molar-refractivity contribution in [2.45, 2.75) is 104 Å². The summed E-state index contributed by atoms with van der Waals surface area (Å²) < 4.78 is 47.7. The first-order chi connectivity index (χ1) is 30.4. The average Bonchev–Trinajstić information content (AvgIpc) is 4.08. The molecule has 3 fully saturated rings. The Balaban J connectivity index is 1.14. The fraction of sp³-hybridized carbons (Fsp3) is 0.468. The molecule has 338 valence electrons. The predicted octanol–water partition coefficient (Wildman–Crippen LogP) is 7.95. The van der Waals surface area contributed by atoms with Crippen LogP contribution in [0.4, 0.5) is 0 Å². The molecule has 1 aliphatic heterocycles. The van der Waals surface area contributed by atoms with E-state index < -0.39 is 62.0 Å². The minimum atomic E-state index is -3.89. The van der Waals surface area contributed by atoms with Crippen LogP contribution in [0.2, 0.25) is 0 Å². The highest BCUT2D eigenvalue weighted by Crippen LogP contribution is 2.57. The lowest BCUT2D eigenvalue weighted by Crippen LogP contribution is -2.48. The summed E-state index contributed by atoms with van der Waals surface area (Å²) in [6, 6.07) is 14.4. The van der Waals surface area contributed by atoms with E-state index in [-0.39, 0.29) is 62.3 Å². The number of amides is 2. The molecule has 17 heteroatoms. The number of hydrogen-bond acceptors (Lipinski definition) is 14. The molecule has 0 spiro atoms. The number of aromatic nitrogens is 3. The van der Waals surface area contributed by atoms with E-state index in [0.29, 0.717) is 45.5 Å². The lowest BCUT2D eigenvalue weighted by Gasteiger charge is -2.35. The topological polar surface area (TPSA) is 184 Å². The molecule has 8 rings (SSSR count). The minimum Gasteiger partial charge on any atom is -0.491 e. The number of benzene rings is 2. The van der Waals surface area contributed by atoms with Gasteiger partial charge in [0.05, 0.1) is 46.5 Å². The van der Waals surface area contributed by atoms with Gasteiger partial charge in [-0.15, -0.1) is 29.3 Å². The highest BCUT2D eigenvalue weighted by molar-refractivity contribution is 7.90. The Morgan fingerprint density at radius 1 is 1.05 bits per heavy atom. The number of ketones is 1. The van der Waals surface area contributed by atoms with Crippen molar-refractivity contribution in [2.24, 2.45) is 22.7 Å². The molecule has 2 aromatic carbocycles. The van der Waals surface area contributed by atoms with Gasteiger partial charge in [0.1, 0.15) is 16.6 Å². The molecular formula is C47H53N5O9S3. The Hall–Kier alpha value is -5.26. The second-order valence-corrected chi connectivity index (χ2v) is 22.2. The van der Waals surface area contributed by atoms with Crippen LogP contribution in [0.25, 0.3) is 31.7 Å². The summed E-state index contributed by atoms with van der Waals surface area (Å²) in [6.45, 7) is 15.6. The van der Waals surface area contributed by atoms with E-state index >= 15 is 4.79 Å². The number of carbonyl (C=O) groups is 4. The number of rotatable bonds is 17. The SMILES string of the molecule is C=C[C@@H]1C[C@]1(CC(=O)[C@@H]1C[C@@H](Oc2nc(-c3ccc(OC(C)C)cc3)nc3c2sc2ccccc23)CN1C(=O)[C@@H](Cc1nc(C(=O)OCC)cs1)C(C)(C)C)C(=O)NS(=O)(=O)C1CC1. The van der Waals surface area contributed by atoms with Gasteiger partial charge in [0.15, 0.2) is 17.3 Å². The predicted molar refractivity (Wildman–Crippen MR) is 246 cm³/mol. The summed E-state index contributed by atoms with van der Waals surface area (Å²) in [6.07, 6.45) is 2.07. The average molecular weight is 928 g/mol. The van der Waals surface area contributed by atoms with Gasteiger partial charge >= 0.3 is 5.97 Å². The molecular weight excluding hydrogens is 875 g/mol. The number of fused-ring (bicyclic) bond motifs is 3. The number of thiophene rings is 1. The number of carbonyl (C=O) groups excluding carboxylic acids is 4. The second-order valence-electron chi connectivity index (χ2n) is 18.3. The zero-order valence-corrected chi connectivity index (χ0v) is 39.2. The Morgan fingerprint density at radius 2 is 1.78 bits per heavy atom. The van der Waals surface area contributed by atoms with Crippen molar-refractivity contribution in [1.29, 1.82) is 0 Å². The fourth-order valence-electron chi connectivity index (χ4n) is 8.47. The van der Waals surface area contributed by atoms with Crippen LogP contribution in [-0.2, 0) is 35.6 Å². The summed E-state index contributed by atoms with van der Waals surface area (Å²) in [5, 5.41) is 2.48. The molecule has 2 aliphatic carbocycles. The molecule has 3 aromatic heterocycles. The Kier molecular flexibility index (Phi) is 12.5. The van der Waals surface area contributed by atoms with Gasteiger partial charge in [-0.3, -0.25) is 19.1 Å². The molecule has 0 radical (unpaired) electrons. The van der Waals surface area contributed by atoms with Gasteiger partial charge < -0.3 is 19.1 Å². The molecule has 14 nitrogen and oxygen atoms in total. The van der Waals surface area contributed by atoms with Crippen LogP contribution in [0.15, 0.2) is 66.6 Å². The van der Waals surface area contributed by atoms with Crippen molar-refractivity contribution in [3.05, 3.63) is 77.3 Å². The summed E-state index contributed by atoms with van der Waals surface area (Å²) >= 11 is 2.75. The zero-order chi connectivity index (χ0) is 45.7. The van der Waals surface area contributed by atoms with Gasteiger partial charge in [-0.2, -0.15) is 4.98 Å². The van der Waals surface area contributed by atoms with Crippen molar-refractivity contribution in [1.82, 2.24) is 24.6 Å². The number of esters is 1. The molecule has 5 atom stereocenters. The number of sulfonamides is 1. The van der Waals surface area contributed by atoms with E-state index in [4.69, 9.17) is 24.2 Å². The van der Waals surface area contributed by atoms with E-state index in [2.05, 4.69) is 16.3 Å². The summed E-state index contributed by atoms with van der Waals surface area (Å²) in [5.41, 5.74) is -0.330. The van der Waals surface area contributed by atoms with Crippen molar-refractivity contribution < 1.29 is 41.8 Å². The number of allylic oxidation sites excluding steroid dienone is 1. The quantitative estimate of drug-likeness (QED) is 0.0703. The number of nitrogens with one attached hydrogen (secondary N) is 1. The summed E-state index contributed by atoms with van der Waals surface area (Å²) in [5.74, 6) is -1.62. The van der Waals surface area contributed by atoms with E-state index in [1.165, 1.54) is 22.7 Å². The molecule has 64 heavy (non-hydrogen) atoms. The number of hydrogen-bond donors (Lipinski definition) is 1. The van der Waals surface area contributed by atoms with E-state index in [9.17, 15) is 22.8 Å². The van der Waals surface area contributed by atoms with Gasteiger partial charge in [-0.05, 0) is 81.7 Å². The minimum absolute atomic E-state index is 0.00161. The second kappa shape index (κ2) is 17.6. The maximum atomic E-state index is 15.1. The van der Waals surface area contributed by atoms with Gasteiger partial charge in [-0.1, -0.05) is 45.0 Å². The van der Waals surface area contributed by atoms with E-state index in [0.717, 1.165) is 15.6 Å². The first-order valence-electron chi connectivity index (χ1n) is 21.7. The van der Waals surface area contributed by atoms with Crippen molar-refractivity contribution in [3.63, 3.8) is 0 Å². The lowest BCUT2D eigenvalue weighted by atomic mass is 9.77.